The van der Waals surface area contributed by atoms with Crippen LogP contribution in [0.2, 0.25) is 5.02 Å². The molecule has 0 spiro atoms. The first-order valence-corrected chi connectivity index (χ1v) is 9.09. The monoisotopic (exact) mass is 414 g/mol. The average molecular weight is 416 g/mol. The van der Waals surface area contributed by atoms with E-state index in [4.69, 9.17) is 16.3 Å². The first kappa shape index (κ1) is 17.7. The number of hydrogen-bond acceptors (Lipinski definition) is 2. The second kappa shape index (κ2) is 8.32. The standard InChI is InChI=1S/C21H16BrClO2/c22-19-14-17(16-4-2-1-3-5-16)9-12-20(19)25-21(24)13-8-15-6-10-18(23)11-7-15/h1-7,9-12,14H,8,13H2. The number of hydrogen-bond donors (Lipinski definition) is 0. The number of ether oxygens (including phenoxy) is 1. The van der Waals surface area contributed by atoms with E-state index >= 15 is 0 Å². The normalized spacial score (nSPS) is 10.5. The van der Waals surface area contributed by atoms with Gasteiger partial charge in [0.05, 0.1) is 4.47 Å². The van der Waals surface area contributed by atoms with Crippen LogP contribution in [0.3, 0.4) is 0 Å². The van der Waals surface area contributed by atoms with Crippen molar-refractivity contribution in [3.8, 4) is 16.9 Å². The Morgan fingerprint density at radius 1 is 0.920 bits per heavy atom. The van der Waals surface area contributed by atoms with Crippen molar-refractivity contribution in [3.05, 3.63) is 87.9 Å². The highest BCUT2D eigenvalue weighted by Gasteiger charge is 2.10. The maximum atomic E-state index is 12.1. The molecule has 0 radical (unpaired) electrons. The van der Waals surface area contributed by atoms with Crippen molar-refractivity contribution in [1.82, 2.24) is 0 Å². The summed E-state index contributed by atoms with van der Waals surface area (Å²) in [6, 6.07) is 23.2. The molecular weight excluding hydrogens is 400 g/mol. The van der Waals surface area contributed by atoms with Crippen molar-refractivity contribution >= 4 is 33.5 Å². The third kappa shape index (κ3) is 4.94. The van der Waals surface area contributed by atoms with E-state index in [2.05, 4.69) is 15.9 Å². The molecule has 0 bridgehead atoms. The summed E-state index contributed by atoms with van der Waals surface area (Å²) in [6.07, 6.45) is 0.935. The van der Waals surface area contributed by atoms with Gasteiger partial charge in [-0.25, -0.2) is 0 Å². The van der Waals surface area contributed by atoms with E-state index in [1.54, 1.807) is 0 Å². The molecule has 0 fully saturated rings. The number of halogens is 2. The summed E-state index contributed by atoms with van der Waals surface area (Å²) >= 11 is 9.34. The molecule has 0 saturated heterocycles. The molecule has 126 valence electrons. The molecule has 3 aromatic rings. The molecule has 25 heavy (non-hydrogen) atoms. The van der Waals surface area contributed by atoms with Crippen LogP contribution in [-0.4, -0.2) is 5.97 Å². The van der Waals surface area contributed by atoms with Gasteiger partial charge in [0, 0.05) is 11.4 Å². The molecule has 0 aliphatic carbocycles. The van der Waals surface area contributed by atoms with Crippen LogP contribution >= 0.6 is 27.5 Å². The molecule has 0 aliphatic rings. The molecule has 0 saturated carbocycles. The molecule has 3 aromatic carbocycles. The molecular formula is C21H16BrClO2. The molecule has 0 N–H and O–H groups in total. The molecule has 3 rings (SSSR count). The van der Waals surface area contributed by atoms with Crippen LogP contribution in [0.25, 0.3) is 11.1 Å². The van der Waals surface area contributed by atoms with Gasteiger partial charge in [0.15, 0.2) is 0 Å². The van der Waals surface area contributed by atoms with Gasteiger partial charge in [-0.2, -0.15) is 0 Å². The topological polar surface area (TPSA) is 26.3 Å². The summed E-state index contributed by atoms with van der Waals surface area (Å²) in [5, 5.41) is 0.689. The number of carbonyl (C=O) groups is 1. The quantitative estimate of drug-likeness (QED) is 0.360. The molecule has 0 unspecified atom stereocenters. The second-order valence-electron chi connectivity index (χ2n) is 5.61. The zero-order valence-corrected chi connectivity index (χ0v) is 15.8. The fraction of sp³-hybridized carbons (Fsp3) is 0.0952. The number of carbonyl (C=O) groups excluding carboxylic acids is 1. The van der Waals surface area contributed by atoms with Crippen LogP contribution in [0.1, 0.15) is 12.0 Å². The Morgan fingerprint density at radius 3 is 2.32 bits per heavy atom. The van der Waals surface area contributed by atoms with Crippen molar-refractivity contribution in [3.63, 3.8) is 0 Å². The van der Waals surface area contributed by atoms with Crippen LogP contribution in [0, 0.1) is 0 Å². The van der Waals surface area contributed by atoms with Gasteiger partial charge < -0.3 is 4.74 Å². The largest absolute Gasteiger partial charge is 0.425 e. The number of benzene rings is 3. The second-order valence-corrected chi connectivity index (χ2v) is 6.90. The fourth-order valence-electron chi connectivity index (χ4n) is 2.46. The van der Waals surface area contributed by atoms with Crippen LogP contribution in [0.4, 0.5) is 0 Å². The van der Waals surface area contributed by atoms with E-state index in [1.165, 1.54) is 0 Å². The summed E-state index contributed by atoms with van der Waals surface area (Å²) in [7, 11) is 0. The van der Waals surface area contributed by atoms with Gasteiger partial charge in [-0.05, 0) is 63.3 Å². The summed E-state index contributed by atoms with van der Waals surface area (Å²) in [5.41, 5.74) is 3.23. The summed E-state index contributed by atoms with van der Waals surface area (Å²) in [5.74, 6) is 0.267. The Labute approximate surface area is 160 Å². The lowest BCUT2D eigenvalue weighted by Crippen LogP contribution is -2.09. The maximum absolute atomic E-state index is 12.1. The summed E-state index contributed by atoms with van der Waals surface area (Å²) < 4.78 is 6.23. The van der Waals surface area contributed by atoms with Crippen molar-refractivity contribution < 1.29 is 9.53 Å². The Hall–Kier alpha value is -2.10. The number of rotatable bonds is 5. The van der Waals surface area contributed by atoms with Gasteiger partial charge in [-0.15, -0.1) is 0 Å². The Bertz CT molecular complexity index is 861. The van der Waals surface area contributed by atoms with Crippen molar-refractivity contribution in [1.29, 1.82) is 0 Å². The molecule has 0 aliphatic heterocycles. The van der Waals surface area contributed by atoms with E-state index in [0.29, 0.717) is 23.6 Å². The van der Waals surface area contributed by atoms with Gasteiger partial charge in [-0.3, -0.25) is 4.79 Å². The Morgan fingerprint density at radius 2 is 1.64 bits per heavy atom. The van der Waals surface area contributed by atoms with E-state index < -0.39 is 0 Å². The van der Waals surface area contributed by atoms with Gasteiger partial charge in [-0.1, -0.05) is 60.1 Å². The minimum atomic E-state index is -0.261. The van der Waals surface area contributed by atoms with Crippen LogP contribution < -0.4 is 4.74 Å². The van der Waals surface area contributed by atoms with E-state index in [-0.39, 0.29) is 5.97 Å². The molecule has 0 aromatic heterocycles. The van der Waals surface area contributed by atoms with Gasteiger partial charge in [0.1, 0.15) is 5.75 Å². The Kier molecular flexibility index (Phi) is 5.90. The van der Waals surface area contributed by atoms with Crippen molar-refractivity contribution in [2.24, 2.45) is 0 Å². The third-order valence-electron chi connectivity index (χ3n) is 3.79. The van der Waals surface area contributed by atoms with Gasteiger partial charge in [0.25, 0.3) is 0 Å². The van der Waals surface area contributed by atoms with Crippen molar-refractivity contribution in [2.45, 2.75) is 12.8 Å². The summed E-state index contributed by atoms with van der Waals surface area (Å²) in [4.78, 5) is 12.1. The zero-order chi connectivity index (χ0) is 17.6. The minimum absolute atomic E-state index is 0.261. The predicted octanol–water partition coefficient (Wildman–Crippen LogP) is 6.31. The molecule has 0 heterocycles. The first-order chi connectivity index (χ1) is 12.1. The lowest BCUT2D eigenvalue weighted by molar-refractivity contribution is -0.134. The van der Waals surface area contributed by atoms with E-state index in [9.17, 15) is 4.79 Å². The van der Waals surface area contributed by atoms with E-state index in [0.717, 1.165) is 21.2 Å². The van der Waals surface area contributed by atoms with Crippen LogP contribution in [0.15, 0.2) is 77.3 Å². The lowest BCUT2D eigenvalue weighted by atomic mass is 10.1. The number of aryl methyl sites for hydroxylation is 1. The Balaban J connectivity index is 1.62. The first-order valence-electron chi connectivity index (χ1n) is 7.92. The smallest absolute Gasteiger partial charge is 0.311 e. The maximum Gasteiger partial charge on any atom is 0.311 e. The van der Waals surface area contributed by atoms with E-state index in [1.807, 2.05) is 72.8 Å². The predicted molar refractivity (Wildman–Crippen MR) is 105 cm³/mol. The van der Waals surface area contributed by atoms with Gasteiger partial charge in [0.2, 0.25) is 0 Å². The zero-order valence-electron chi connectivity index (χ0n) is 13.4. The van der Waals surface area contributed by atoms with Crippen LogP contribution in [-0.2, 0) is 11.2 Å². The van der Waals surface area contributed by atoms with Crippen LogP contribution in [0.5, 0.6) is 5.75 Å². The molecule has 4 heteroatoms. The molecule has 0 atom stereocenters. The SMILES string of the molecule is O=C(CCc1ccc(Cl)cc1)Oc1ccc(-c2ccccc2)cc1Br. The number of esters is 1. The highest BCUT2D eigenvalue weighted by atomic mass is 79.9. The van der Waals surface area contributed by atoms with Crippen molar-refractivity contribution in [2.75, 3.05) is 0 Å². The third-order valence-corrected chi connectivity index (χ3v) is 4.67. The highest BCUT2D eigenvalue weighted by Crippen LogP contribution is 2.31. The van der Waals surface area contributed by atoms with Gasteiger partial charge >= 0.3 is 5.97 Å². The fourth-order valence-corrected chi connectivity index (χ4v) is 3.05. The summed E-state index contributed by atoms with van der Waals surface area (Å²) in [6.45, 7) is 0. The average Bonchev–Trinajstić information content (AvgIpc) is 2.64. The molecule has 0 amide bonds. The molecule has 2 nitrogen and oxygen atoms in total. The minimum Gasteiger partial charge on any atom is -0.425 e. The highest BCUT2D eigenvalue weighted by molar-refractivity contribution is 9.10. The lowest BCUT2D eigenvalue weighted by Gasteiger charge is -2.09.